The molecule has 5 heteroatoms. The van der Waals surface area contributed by atoms with Crippen LogP contribution in [0.3, 0.4) is 0 Å². The van der Waals surface area contributed by atoms with Crippen molar-refractivity contribution in [3.63, 3.8) is 0 Å². The average molecular weight is 253 g/mol. The number of nitrogens with two attached hydrogens (primary N) is 1. The van der Waals surface area contributed by atoms with Crippen molar-refractivity contribution in [2.24, 2.45) is 0 Å². The summed E-state index contributed by atoms with van der Waals surface area (Å²) < 4.78 is 2.63. The van der Waals surface area contributed by atoms with E-state index in [1.54, 1.807) is 12.5 Å². The lowest BCUT2D eigenvalue weighted by atomic mass is 10.3. The van der Waals surface area contributed by atoms with Gasteiger partial charge in [0.15, 0.2) is 0 Å². The molecule has 0 saturated heterocycles. The average Bonchev–Trinajstić information content (AvgIpc) is 2.56. The van der Waals surface area contributed by atoms with Crippen molar-refractivity contribution in [1.29, 1.82) is 0 Å². The number of rotatable bonds is 1. The van der Waals surface area contributed by atoms with Gasteiger partial charge in [-0.25, -0.2) is 9.97 Å². The minimum absolute atomic E-state index is 0.630. The summed E-state index contributed by atoms with van der Waals surface area (Å²) >= 11 is 3.30. The highest BCUT2D eigenvalue weighted by atomic mass is 79.9. The quantitative estimate of drug-likeness (QED) is 0.790. The van der Waals surface area contributed by atoms with Crippen LogP contribution in [0.15, 0.2) is 29.4 Å². The van der Waals surface area contributed by atoms with E-state index in [0.717, 1.165) is 16.0 Å². The number of nitrogens with zero attached hydrogens (tertiary/aromatic N) is 3. The molecule has 2 aromatic rings. The summed E-state index contributed by atoms with van der Waals surface area (Å²) in [7, 11) is 0. The van der Waals surface area contributed by atoms with E-state index in [1.165, 1.54) is 0 Å². The van der Waals surface area contributed by atoms with E-state index in [2.05, 4.69) is 25.9 Å². The molecule has 2 heterocycles. The molecule has 0 aliphatic heterocycles. The molecule has 4 nitrogen and oxygen atoms in total. The van der Waals surface area contributed by atoms with Crippen LogP contribution in [0.5, 0.6) is 0 Å². The Morgan fingerprint density at radius 2 is 2.21 bits per heavy atom. The molecule has 2 aromatic heterocycles. The van der Waals surface area contributed by atoms with Gasteiger partial charge in [-0.3, -0.25) is 0 Å². The number of aryl methyl sites for hydroxylation is 1. The van der Waals surface area contributed by atoms with Crippen molar-refractivity contribution >= 4 is 21.6 Å². The van der Waals surface area contributed by atoms with E-state index in [4.69, 9.17) is 5.73 Å². The number of halogens is 1. The Morgan fingerprint density at radius 1 is 1.43 bits per heavy atom. The summed E-state index contributed by atoms with van der Waals surface area (Å²) in [4.78, 5) is 8.17. The first-order chi connectivity index (χ1) is 6.66. The molecule has 14 heavy (non-hydrogen) atoms. The first-order valence-corrected chi connectivity index (χ1v) is 4.88. The first kappa shape index (κ1) is 9.21. The SMILES string of the molecule is Cc1cn(-c2cc(Br)ncc2N)cn1. The number of hydrogen-bond acceptors (Lipinski definition) is 3. The zero-order valence-corrected chi connectivity index (χ0v) is 9.19. The maximum absolute atomic E-state index is 5.80. The van der Waals surface area contributed by atoms with Gasteiger partial charge in [0.25, 0.3) is 0 Å². The Balaban J connectivity index is 2.55. The molecule has 0 aromatic carbocycles. The van der Waals surface area contributed by atoms with E-state index in [0.29, 0.717) is 5.69 Å². The molecular weight excluding hydrogens is 244 g/mol. The third-order valence-electron chi connectivity index (χ3n) is 1.87. The van der Waals surface area contributed by atoms with E-state index >= 15 is 0 Å². The first-order valence-electron chi connectivity index (χ1n) is 4.09. The normalized spacial score (nSPS) is 10.4. The third-order valence-corrected chi connectivity index (χ3v) is 2.30. The molecule has 0 aliphatic rings. The highest BCUT2D eigenvalue weighted by Crippen LogP contribution is 2.19. The summed E-state index contributed by atoms with van der Waals surface area (Å²) in [6.07, 6.45) is 5.26. The topological polar surface area (TPSA) is 56.7 Å². The second kappa shape index (κ2) is 3.42. The molecule has 0 aliphatic carbocycles. The molecule has 0 bridgehead atoms. The Labute approximate surface area is 89.9 Å². The van der Waals surface area contributed by atoms with Crippen LogP contribution in [0.4, 0.5) is 5.69 Å². The second-order valence-corrected chi connectivity index (χ2v) is 3.80. The molecule has 0 radical (unpaired) electrons. The summed E-state index contributed by atoms with van der Waals surface area (Å²) in [6, 6.07) is 1.86. The Morgan fingerprint density at radius 3 is 2.86 bits per heavy atom. The molecule has 0 saturated carbocycles. The van der Waals surface area contributed by atoms with Gasteiger partial charge in [-0.2, -0.15) is 0 Å². The smallest absolute Gasteiger partial charge is 0.108 e. The van der Waals surface area contributed by atoms with Crippen molar-refractivity contribution in [2.45, 2.75) is 6.92 Å². The predicted molar refractivity (Wildman–Crippen MR) is 58.2 cm³/mol. The molecule has 0 fully saturated rings. The van der Waals surface area contributed by atoms with E-state index < -0.39 is 0 Å². The Bertz CT molecular complexity index is 464. The lowest BCUT2D eigenvalue weighted by molar-refractivity contribution is 1.05. The molecule has 0 spiro atoms. The van der Waals surface area contributed by atoms with Crippen LogP contribution in [0, 0.1) is 6.92 Å². The Kier molecular flexibility index (Phi) is 2.25. The number of imidazole rings is 1. The monoisotopic (exact) mass is 252 g/mol. The van der Waals surface area contributed by atoms with Crippen LogP contribution in [0.1, 0.15) is 5.69 Å². The summed E-state index contributed by atoms with van der Waals surface area (Å²) in [5.74, 6) is 0. The zero-order chi connectivity index (χ0) is 10.1. The summed E-state index contributed by atoms with van der Waals surface area (Å²) in [5.41, 5.74) is 8.27. The van der Waals surface area contributed by atoms with Gasteiger partial charge in [0.2, 0.25) is 0 Å². The fraction of sp³-hybridized carbons (Fsp3) is 0.111. The molecule has 2 rings (SSSR count). The zero-order valence-electron chi connectivity index (χ0n) is 7.61. The summed E-state index contributed by atoms with van der Waals surface area (Å²) in [5, 5.41) is 0. The lowest BCUT2D eigenvalue weighted by Gasteiger charge is -2.05. The van der Waals surface area contributed by atoms with Gasteiger partial charge in [-0.05, 0) is 28.9 Å². The minimum atomic E-state index is 0.630. The van der Waals surface area contributed by atoms with Gasteiger partial charge in [-0.15, -0.1) is 0 Å². The van der Waals surface area contributed by atoms with Crippen LogP contribution in [0.2, 0.25) is 0 Å². The molecule has 0 amide bonds. The minimum Gasteiger partial charge on any atom is -0.396 e. The Hall–Kier alpha value is -1.36. The number of anilines is 1. The van der Waals surface area contributed by atoms with Crippen LogP contribution >= 0.6 is 15.9 Å². The van der Waals surface area contributed by atoms with Crippen molar-refractivity contribution in [3.05, 3.63) is 35.1 Å². The van der Waals surface area contributed by atoms with E-state index in [9.17, 15) is 0 Å². The maximum Gasteiger partial charge on any atom is 0.108 e. The number of aromatic nitrogens is 3. The van der Waals surface area contributed by atoms with Crippen molar-refractivity contribution < 1.29 is 0 Å². The van der Waals surface area contributed by atoms with Crippen LogP contribution in [-0.2, 0) is 0 Å². The van der Waals surface area contributed by atoms with Crippen LogP contribution in [-0.4, -0.2) is 14.5 Å². The molecule has 0 atom stereocenters. The summed E-state index contributed by atoms with van der Waals surface area (Å²) in [6.45, 7) is 1.93. The molecule has 2 N–H and O–H groups in total. The van der Waals surface area contributed by atoms with E-state index in [1.807, 2.05) is 23.8 Å². The largest absolute Gasteiger partial charge is 0.396 e. The van der Waals surface area contributed by atoms with Gasteiger partial charge in [0.05, 0.1) is 29.6 Å². The highest BCUT2D eigenvalue weighted by molar-refractivity contribution is 9.10. The second-order valence-electron chi connectivity index (χ2n) is 2.99. The molecule has 72 valence electrons. The van der Waals surface area contributed by atoms with Gasteiger partial charge in [0, 0.05) is 6.20 Å². The van der Waals surface area contributed by atoms with E-state index in [-0.39, 0.29) is 0 Å². The van der Waals surface area contributed by atoms with Gasteiger partial charge in [-0.1, -0.05) is 0 Å². The van der Waals surface area contributed by atoms with Gasteiger partial charge in [0.1, 0.15) is 4.60 Å². The van der Waals surface area contributed by atoms with Crippen LogP contribution < -0.4 is 5.73 Å². The standard InChI is InChI=1S/C9H9BrN4/c1-6-4-14(5-13-6)8-2-9(10)12-3-7(8)11/h2-5H,11H2,1H3. The van der Waals surface area contributed by atoms with Crippen molar-refractivity contribution in [2.75, 3.05) is 5.73 Å². The fourth-order valence-corrected chi connectivity index (χ4v) is 1.53. The molecule has 0 unspecified atom stereocenters. The van der Waals surface area contributed by atoms with Crippen molar-refractivity contribution in [1.82, 2.24) is 14.5 Å². The third kappa shape index (κ3) is 1.63. The number of nitrogen functional groups attached to an aromatic ring is 1. The van der Waals surface area contributed by atoms with Crippen LogP contribution in [0.25, 0.3) is 5.69 Å². The number of hydrogen-bond donors (Lipinski definition) is 1. The van der Waals surface area contributed by atoms with Gasteiger partial charge >= 0.3 is 0 Å². The fourth-order valence-electron chi connectivity index (χ4n) is 1.21. The predicted octanol–water partition coefficient (Wildman–Crippen LogP) is 1.92. The molecular formula is C9H9BrN4. The number of pyridine rings is 1. The van der Waals surface area contributed by atoms with Crippen molar-refractivity contribution in [3.8, 4) is 5.69 Å². The highest BCUT2D eigenvalue weighted by Gasteiger charge is 2.03. The van der Waals surface area contributed by atoms with Gasteiger partial charge < -0.3 is 10.3 Å². The maximum atomic E-state index is 5.80. The lowest BCUT2D eigenvalue weighted by Crippen LogP contribution is -1.98.